The van der Waals surface area contributed by atoms with Crippen LogP contribution in [0, 0.1) is 5.92 Å². The Hall–Kier alpha value is -1.82. The Morgan fingerprint density at radius 1 is 1.40 bits per heavy atom. The normalized spacial score (nSPS) is 22.4. The fourth-order valence-electron chi connectivity index (χ4n) is 2.50. The second kappa shape index (κ2) is 7.09. The van der Waals surface area contributed by atoms with Crippen molar-refractivity contribution in [3.05, 3.63) is 24.2 Å². The second-order valence-corrected chi connectivity index (χ2v) is 5.14. The molecule has 0 spiro atoms. The third-order valence-corrected chi connectivity index (χ3v) is 3.61. The lowest BCUT2D eigenvalue weighted by molar-refractivity contribution is -0.143. The summed E-state index contributed by atoms with van der Waals surface area (Å²) >= 11 is 0. The van der Waals surface area contributed by atoms with Crippen molar-refractivity contribution in [3.8, 4) is 0 Å². The fourth-order valence-corrected chi connectivity index (χ4v) is 2.50. The number of carbonyl (C=O) groups is 2. The number of amides is 1. The number of aliphatic carboxylic acids is 1. The van der Waals surface area contributed by atoms with E-state index < -0.39 is 5.97 Å². The zero-order valence-corrected chi connectivity index (χ0v) is 11.3. The minimum Gasteiger partial charge on any atom is -0.481 e. The van der Waals surface area contributed by atoms with E-state index in [4.69, 9.17) is 9.52 Å². The number of hydrogen-bond donors (Lipinski definition) is 3. The summed E-state index contributed by atoms with van der Waals surface area (Å²) in [6.45, 7) is 0.577. The van der Waals surface area contributed by atoms with Crippen molar-refractivity contribution >= 4 is 11.9 Å². The van der Waals surface area contributed by atoms with E-state index in [9.17, 15) is 9.59 Å². The SMILES string of the molecule is O=C(CNC1CCCC(C(=O)O)C1)NCc1ccco1. The smallest absolute Gasteiger partial charge is 0.306 e. The number of furan rings is 1. The number of carboxylic acids is 1. The third kappa shape index (κ3) is 4.38. The van der Waals surface area contributed by atoms with Gasteiger partial charge in [-0.1, -0.05) is 6.42 Å². The van der Waals surface area contributed by atoms with Crippen molar-refractivity contribution in [1.82, 2.24) is 10.6 Å². The second-order valence-electron chi connectivity index (χ2n) is 5.14. The first-order valence-corrected chi connectivity index (χ1v) is 6.90. The number of carboxylic acid groups (broad SMARTS) is 1. The largest absolute Gasteiger partial charge is 0.481 e. The molecule has 1 fully saturated rings. The molecular weight excluding hydrogens is 260 g/mol. The van der Waals surface area contributed by atoms with Crippen LogP contribution in [-0.2, 0) is 16.1 Å². The Bertz CT molecular complexity index is 444. The highest BCUT2D eigenvalue weighted by Gasteiger charge is 2.26. The molecule has 1 aliphatic carbocycles. The van der Waals surface area contributed by atoms with E-state index in [-0.39, 0.29) is 24.4 Å². The maximum atomic E-state index is 11.7. The zero-order chi connectivity index (χ0) is 14.4. The maximum Gasteiger partial charge on any atom is 0.306 e. The van der Waals surface area contributed by atoms with E-state index in [2.05, 4.69) is 10.6 Å². The molecule has 1 aliphatic rings. The highest BCUT2D eigenvalue weighted by molar-refractivity contribution is 5.78. The van der Waals surface area contributed by atoms with Gasteiger partial charge in [-0.05, 0) is 31.4 Å². The molecule has 1 aromatic rings. The van der Waals surface area contributed by atoms with Crippen LogP contribution in [0.1, 0.15) is 31.4 Å². The molecule has 2 atom stereocenters. The van der Waals surface area contributed by atoms with E-state index in [0.29, 0.717) is 18.7 Å². The van der Waals surface area contributed by atoms with Crippen LogP contribution in [0.25, 0.3) is 0 Å². The first-order chi connectivity index (χ1) is 9.65. The summed E-state index contributed by atoms with van der Waals surface area (Å²) < 4.78 is 5.12. The Balaban J connectivity index is 1.66. The van der Waals surface area contributed by atoms with Crippen molar-refractivity contribution < 1.29 is 19.1 Å². The third-order valence-electron chi connectivity index (χ3n) is 3.61. The first kappa shape index (κ1) is 14.6. The summed E-state index contributed by atoms with van der Waals surface area (Å²) in [4.78, 5) is 22.6. The van der Waals surface area contributed by atoms with Crippen molar-refractivity contribution in [1.29, 1.82) is 0 Å². The van der Waals surface area contributed by atoms with Crippen molar-refractivity contribution in [3.63, 3.8) is 0 Å². The highest BCUT2D eigenvalue weighted by atomic mass is 16.4. The highest BCUT2D eigenvalue weighted by Crippen LogP contribution is 2.24. The molecule has 0 radical (unpaired) electrons. The number of hydrogen-bond acceptors (Lipinski definition) is 4. The van der Waals surface area contributed by atoms with Crippen LogP contribution in [-0.4, -0.2) is 29.6 Å². The van der Waals surface area contributed by atoms with Gasteiger partial charge in [-0.15, -0.1) is 0 Å². The predicted octanol–water partition coefficient (Wildman–Crippen LogP) is 1.13. The standard InChI is InChI=1S/C14H20N2O4/c17-13(16-8-12-5-2-6-20-12)9-15-11-4-1-3-10(7-11)14(18)19/h2,5-6,10-11,15H,1,3-4,7-9H2,(H,16,17)(H,18,19). The zero-order valence-electron chi connectivity index (χ0n) is 11.3. The van der Waals surface area contributed by atoms with Gasteiger partial charge in [0.1, 0.15) is 5.76 Å². The van der Waals surface area contributed by atoms with Crippen LogP contribution in [0.2, 0.25) is 0 Å². The quantitative estimate of drug-likeness (QED) is 0.726. The Morgan fingerprint density at radius 3 is 2.95 bits per heavy atom. The van der Waals surface area contributed by atoms with Gasteiger partial charge in [0.25, 0.3) is 0 Å². The van der Waals surface area contributed by atoms with Gasteiger partial charge >= 0.3 is 5.97 Å². The fraction of sp³-hybridized carbons (Fsp3) is 0.571. The molecule has 0 aromatic carbocycles. The summed E-state index contributed by atoms with van der Waals surface area (Å²) in [5.41, 5.74) is 0. The molecule has 2 unspecified atom stereocenters. The molecule has 3 N–H and O–H groups in total. The van der Waals surface area contributed by atoms with E-state index >= 15 is 0 Å². The van der Waals surface area contributed by atoms with Crippen LogP contribution in [0.5, 0.6) is 0 Å². The molecule has 1 amide bonds. The molecule has 2 rings (SSSR count). The van der Waals surface area contributed by atoms with Crippen LogP contribution < -0.4 is 10.6 Å². The minimum atomic E-state index is -0.737. The lowest BCUT2D eigenvalue weighted by atomic mass is 9.86. The summed E-state index contributed by atoms with van der Waals surface area (Å²) in [5.74, 6) is -0.424. The topological polar surface area (TPSA) is 91.6 Å². The van der Waals surface area contributed by atoms with Gasteiger partial charge < -0.3 is 20.2 Å². The summed E-state index contributed by atoms with van der Waals surface area (Å²) in [7, 11) is 0. The van der Waals surface area contributed by atoms with Crippen LogP contribution in [0.4, 0.5) is 0 Å². The van der Waals surface area contributed by atoms with E-state index in [1.807, 2.05) is 0 Å². The van der Waals surface area contributed by atoms with Crippen molar-refractivity contribution in [2.24, 2.45) is 5.92 Å². The molecule has 20 heavy (non-hydrogen) atoms. The monoisotopic (exact) mass is 280 g/mol. The van der Waals surface area contributed by atoms with Gasteiger partial charge in [0.15, 0.2) is 0 Å². The van der Waals surface area contributed by atoms with Gasteiger partial charge in [-0.25, -0.2) is 0 Å². The average Bonchev–Trinajstić information content (AvgIpc) is 2.96. The molecule has 6 heteroatoms. The Kier molecular flexibility index (Phi) is 5.17. The van der Waals surface area contributed by atoms with Gasteiger partial charge in [-0.2, -0.15) is 0 Å². The molecule has 6 nitrogen and oxygen atoms in total. The van der Waals surface area contributed by atoms with Crippen LogP contribution in [0.15, 0.2) is 22.8 Å². The lowest BCUT2D eigenvalue weighted by Crippen LogP contribution is -2.42. The Morgan fingerprint density at radius 2 is 2.25 bits per heavy atom. The lowest BCUT2D eigenvalue weighted by Gasteiger charge is -2.27. The first-order valence-electron chi connectivity index (χ1n) is 6.90. The minimum absolute atomic E-state index is 0.110. The molecule has 1 heterocycles. The van der Waals surface area contributed by atoms with Crippen LogP contribution >= 0.6 is 0 Å². The van der Waals surface area contributed by atoms with Gasteiger partial charge in [0.2, 0.25) is 5.91 Å². The molecule has 0 bridgehead atoms. The van der Waals surface area contributed by atoms with Crippen LogP contribution in [0.3, 0.4) is 0 Å². The summed E-state index contributed by atoms with van der Waals surface area (Å²) in [6.07, 6.45) is 4.71. The summed E-state index contributed by atoms with van der Waals surface area (Å²) in [5, 5.41) is 14.9. The maximum absolute atomic E-state index is 11.7. The van der Waals surface area contributed by atoms with E-state index in [1.165, 1.54) is 0 Å². The van der Waals surface area contributed by atoms with Gasteiger partial charge in [-0.3, -0.25) is 9.59 Å². The molecule has 0 aliphatic heterocycles. The number of carbonyl (C=O) groups excluding carboxylic acids is 1. The molecule has 1 aromatic heterocycles. The molecule has 110 valence electrons. The summed E-state index contributed by atoms with van der Waals surface area (Å²) in [6, 6.07) is 3.68. The molecular formula is C14H20N2O4. The average molecular weight is 280 g/mol. The Labute approximate surface area is 117 Å². The molecule has 0 saturated heterocycles. The van der Waals surface area contributed by atoms with E-state index in [0.717, 1.165) is 19.3 Å². The van der Waals surface area contributed by atoms with Gasteiger partial charge in [0.05, 0.1) is 25.3 Å². The van der Waals surface area contributed by atoms with E-state index in [1.54, 1.807) is 18.4 Å². The van der Waals surface area contributed by atoms with Crippen molar-refractivity contribution in [2.75, 3.05) is 6.54 Å². The number of rotatable bonds is 6. The molecule has 1 saturated carbocycles. The van der Waals surface area contributed by atoms with Gasteiger partial charge in [0, 0.05) is 6.04 Å². The predicted molar refractivity (Wildman–Crippen MR) is 71.9 cm³/mol. The number of nitrogens with one attached hydrogen (secondary N) is 2. The van der Waals surface area contributed by atoms with Crippen molar-refractivity contribution in [2.45, 2.75) is 38.3 Å².